The molecule has 2 fully saturated rings. The molecule has 39 heavy (non-hydrogen) atoms. The topological polar surface area (TPSA) is 101 Å². The number of rotatable bonds is 6. The molecule has 1 amide bonds. The first-order chi connectivity index (χ1) is 18.8. The molecular formula is C26H27F3N8O2. The molecule has 0 spiro atoms. The number of benzene rings is 1. The van der Waals surface area contributed by atoms with E-state index in [1.807, 2.05) is 0 Å². The number of alkyl halides is 2. The molecule has 2 aliphatic heterocycles. The molecule has 0 unspecified atom stereocenters. The average molecular weight is 541 g/mol. The van der Waals surface area contributed by atoms with E-state index in [0.29, 0.717) is 53.0 Å². The first-order valence-electron chi connectivity index (χ1n) is 12.8. The van der Waals surface area contributed by atoms with Crippen LogP contribution in [0.5, 0.6) is 0 Å². The van der Waals surface area contributed by atoms with Crippen LogP contribution in [0.25, 0.3) is 16.7 Å². The summed E-state index contributed by atoms with van der Waals surface area (Å²) >= 11 is 0. The van der Waals surface area contributed by atoms with Crippen molar-refractivity contribution in [1.29, 1.82) is 0 Å². The summed E-state index contributed by atoms with van der Waals surface area (Å²) in [5.41, 5.74) is 0.541. The Labute approximate surface area is 221 Å². The highest BCUT2D eigenvalue weighted by Crippen LogP contribution is 2.31. The molecule has 10 nitrogen and oxygen atoms in total. The monoisotopic (exact) mass is 540 g/mol. The van der Waals surface area contributed by atoms with Crippen molar-refractivity contribution < 1.29 is 22.7 Å². The predicted molar refractivity (Wildman–Crippen MR) is 136 cm³/mol. The summed E-state index contributed by atoms with van der Waals surface area (Å²) in [6.07, 6.45) is -1.57. The number of ether oxygens (including phenoxy) is 1. The molecule has 0 radical (unpaired) electrons. The van der Waals surface area contributed by atoms with Crippen molar-refractivity contribution >= 4 is 28.4 Å². The van der Waals surface area contributed by atoms with E-state index in [2.05, 4.69) is 30.3 Å². The molecule has 1 N–H and O–H groups in total. The molecule has 2 saturated heterocycles. The number of nitrogens with one attached hydrogen (secondary N) is 1. The number of carbonyl (C=O) groups excluding carboxylic acids is 1. The van der Waals surface area contributed by atoms with E-state index < -0.39 is 23.8 Å². The molecule has 13 heteroatoms. The third kappa shape index (κ3) is 4.55. The number of carbonyl (C=O) groups is 1. The minimum atomic E-state index is -2.93. The summed E-state index contributed by atoms with van der Waals surface area (Å²) in [7, 11) is 0. The van der Waals surface area contributed by atoms with Gasteiger partial charge in [-0.25, -0.2) is 28.1 Å². The number of nitrogens with zero attached hydrogens (tertiary/aromatic N) is 7. The van der Waals surface area contributed by atoms with Crippen LogP contribution in [0, 0.1) is 12.7 Å². The maximum absolute atomic E-state index is 14.9. The third-order valence-electron chi connectivity index (χ3n) is 7.40. The van der Waals surface area contributed by atoms with Crippen molar-refractivity contribution in [2.24, 2.45) is 0 Å². The van der Waals surface area contributed by atoms with Gasteiger partial charge < -0.3 is 15.0 Å². The SMILES string of the molecule is Cc1nc(N[C@H](C)c2cccc(C(F)F)c2F)c2cc(C(=O)N3CCN(C4COC4)CC3)c3ncnn3c2n1. The van der Waals surface area contributed by atoms with Crippen LogP contribution < -0.4 is 5.32 Å². The van der Waals surface area contributed by atoms with Crippen molar-refractivity contribution in [3.05, 3.63) is 58.9 Å². The summed E-state index contributed by atoms with van der Waals surface area (Å²) in [6, 6.07) is 5.29. The second-order valence-electron chi connectivity index (χ2n) is 9.85. The molecule has 3 aromatic heterocycles. The minimum absolute atomic E-state index is 0.0742. The zero-order valence-electron chi connectivity index (χ0n) is 21.4. The molecule has 2 aliphatic rings. The van der Waals surface area contributed by atoms with Gasteiger partial charge in [-0.1, -0.05) is 18.2 Å². The second kappa shape index (κ2) is 10.0. The number of hydrogen-bond donors (Lipinski definition) is 1. The molecule has 204 valence electrons. The van der Waals surface area contributed by atoms with Gasteiger partial charge in [0.05, 0.1) is 41.8 Å². The lowest BCUT2D eigenvalue weighted by Gasteiger charge is -2.42. The van der Waals surface area contributed by atoms with Crippen molar-refractivity contribution in [1.82, 2.24) is 34.4 Å². The van der Waals surface area contributed by atoms with Crippen LogP contribution in [-0.4, -0.2) is 85.7 Å². The summed E-state index contributed by atoms with van der Waals surface area (Å²) < 4.78 is 48.3. The highest BCUT2D eigenvalue weighted by atomic mass is 19.3. The van der Waals surface area contributed by atoms with Gasteiger partial charge in [-0.05, 0) is 19.9 Å². The minimum Gasteiger partial charge on any atom is -0.378 e. The van der Waals surface area contributed by atoms with Gasteiger partial charge in [-0.2, -0.15) is 9.61 Å². The van der Waals surface area contributed by atoms with Gasteiger partial charge in [0.15, 0.2) is 11.3 Å². The van der Waals surface area contributed by atoms with E-state index in [1.165, 1.54) is 23.0 Å². The van der Waals surface area contributed by atoms with Crippen LogP contribution in [0.3, 0.4) is 0 Å². The number of anilines is 1. The van der Waals surface area contributed by atoms with Crippen LogP contribution in [-0.2, 0) is 4.74 Å². The van der Waals surface area contributed by atoms with Gasteiger partial charge in [0.25, 0.3) is 12.3 Å². The van der Waals surface area contributed by atoms with E-state index in [9.17, 15) is 18.0 Å². The molecule has 1 aromatic carbocycles. The first-order valence-corrected chi connectivity index (χ1v) is 12.8. The summed E-state index contributed by atoms with van der Waals surface area (Å²) in [5, 5.41) is 7.92. The highest BCUT2D eigenvalue weighted by molar-refractivity contribution is 6.04. The maximum Gasteiger partial charge on any atom is 0.266 e. The number of halogens is 3. The number of piperazine rings is 1. The highest BCUT2D eigenvalue weighted by Gasteiger charge is 2.32. The molecule has 0 bridgehead atoms. The van der Waals surface area contributed by atoms with Crippen molar-refractivity contribution in [2.45, 2.75) is 32.4 Å². The zero-order chi connectivity index (χ0) is 27.3. The normalized spacial score (nSPS) is 17.6. The number of amides is 1. The van der Waals surface area contributed by atoms with Crippen LogP contribution in [0.1, 0.15) is 46.7 Å². The number of hydrogen-bond acceptors (Lipinski definition) is 8. The van der Waals surface area contributed by atoms with Crippen LogP contribution in [0.2, 0.25) is 0 Å². The molecular weight excluding hydrogens is 513 g/mol. The fraction of sp³-hybridized carbons (Fsp3) is 0.423. The first kappa shape index (κ1) is 25.4. The van der Waals surface area contributed by atoms with Gasteiger partial charge in [-0.15, -0.1) is 0 Å². The van der Waals surface area contributed by atoms with E-state index in [1.54, 1.807) is 24.8 Å². The number of pyridine rings is 1. The third-order valence-corrected chi connectivity index (χ3v) is 7.40. The Morgan fingerprint density at radius 3 is 2.54 bits per heavy atom. The molecule has 4 aromatic rings. The molecule has 6 rings (SSSR count). The van der Waals surface area contributed by atoms with Crippen molar-refractivity contribution in [2.75, 3.05) is 44.7 Å². The smallest absolute Gasteiger partial charge is 0.266 e. The van der Waals surface area contributed by atoms with E-state index in [0.717, 1.165) is 32.4 Å². The standard InChI is InChI=1S/C26H27F3N8O2/c1-14(17-4-3-5-18(21(17)27)22(28)29)32-23-19-10-20(24-30-13-31-37(24)25(19)34-15(2)33-23)26(38)36-8-6-35(7-9-36)16-11-39-12-16/h3-5,10,13-14,16,22H,6-9,11-12H2,1-2H3,(H,32,33,34)/t14-/m1/s1. The Kier molecular flexibility index (Phi) is 6.55. The largest absolute Gasteiger partial charge is 0.378 e. The van der Waals surface area contributed by atoms with Gasteiger partial charge in [0.2, 0.25) is 0 Å². The van der Waals surface area contributed by atoms with Crippen LogP contribution in [0.4, 0.5) is 19.0 Å². The maximum atomic E-state index is 14.9. The van der Waals surface area contributed by atoms with Crippen LogP contribution in [0.15, 0.2) is 30.6 Å². The second-order valence-corrected chi connectivity index (χ2v) is 9.85. The lowest BCUT2D eigenvalue weighted by Crippen LogP contribution is -2.57. The number of fused-ring (bicyclic) bond motifs is 3. The van der Waals surface area contributed by atoms with E-state index in [-0.39, 0.29) is 11.5 Å². The van der Waals surface area contributed by atoms with Crippen molar-refractivity contribution in [3.8, 4) is 0 Å². The Bertz CT molecular complexity index is 1550. The van der Waals surface area contributed by atoms with Gasteiger partial charge in [0.1, 0.15) is 23.8 Å². The van der Waals surface area contributed by atoms with E-state index >= 15 is 0 Å². The van der Waals surface area contributed by atoms with Gasteiger partial charge >= 0.3 is 0 Å². The quantitative estimate of drug-likeness (QED) is 0.397. The Hall–Kier alpha value is -3.84. The van der Waals surface area contributed by atoms with Crippen molar-refractivity contribution in [3.63, 3.8) is 0 Å². The zero-order valence-corrected chi connectivity index (χ0v) is 21.4. The molecule has 5 heterocycles. The fourth-order valence-corrected chi connectivity index (χ4v) is 5.17. The fourth-order valence-electron chi connectivity index (χ4n) is 5.17. The summed E-state index contributed by atoms with van der Waals surface area (Å²) in [4.78, 5) is 31.2. The van der Waals surface area contributed by atoms with Crippen LogP contribution >= 0.6 is 0 Å². The van der Waals surface area contributed by atoms with E-state index in [4.69, 9.17) is 4.74 Å². The lowest BCUT2D eigenvalue weighted by atomic mass is 10.0. The molecule has 0 saturated carbocycles. The molecule has 0 aliphatic carbocycles. The van der Waals surface area contributed by atoms with Gasteiger partial charge in [0, 0.05) is 31.7 Å². The lowest BCUT2D eigenvalue weighted by molar-refractivity contribution is -0.0746. The number of aryl methyl sites for hydroxylation is 1. The van der Waals surface area contributed by atoms with Gasteiger partial charge in [-0.3, -0.25) is 9.69 Å². The average Bonchev–Trinajstić information content (AvgIpc) is 3.38. The Morgan fingerprint density at radius 2 is 1.85 bits per heavy atom. The Morgan fingerprint density at radius 1 is 1.10 bits per heavy atom. The summed E-state index contributed by atoms with van der Waals surface area (Å²) in [5.74, 6) is -0.418. The predicted octanol–water partition coefficient (Wildman–Crippen LogP) is 3.39. The molecule has 1 atom stereocenters. The Balaban J connectivity index is 1.36. The summed E-state index contributed by atoms with van der Waals surface area (Å²) in [6.45, 7) is 7.45. The number of aromatic nitrogens is 5.